The van der Waals surface area contributed by atoms with Crippen LogP contribution in [0.4, 0.5) is 4.39 Å². The van der Waals surface area contributed by atoms with Gasteiger partial charge in [0.05, 0.1) is 0 Å². The van der Waals surface area contributed by atoms with Gasteiger partial charge < -0.3 is 10.6 Å². The molecule has 0 aromatic heterocycles. The standard InChI is InChI=1S/C14H19FN2O2S/c1-9-7-12(15)4-3-11(9)5-6-16-14(19)13(8-20)17-10(2)18/h3-4,7,13,20H,5-6,8H2,1-2H3,(H,16,19)(H,17,18). The molecule has 1 unspecified atom stereocenters. The van der Waals surface area contributed by atoms with Gasteiger partial charge in [0.15, 0.2) is 0 Å². The summed E-state index contributed by atoms with van der Waals surface area (Å²) in [4.78, 5) is 22.7. The highest BCUT2D eigenvalue weighted by molar-refractivity contribution is 7.80. The van der Waals surface area contributed by atoms with E-state index in [0.717, 1.165) is 11.1 Å². The van der Waals surface area contributed by atoms with Crippen LogP contribution in [-0.4, -0.2) is 30.2 Å². The van der Waals surface area contributed by atoms with Crippen molar-refractivity contribution in [2.75, 3.05) is 12.3 Å². The van der Waals surface area contributed by atoms with Crippen molar-refractivity contribution in [2.45, 2.75) is 26.3 Å². The number of benzene rings is 1. The number of carbonyl (C=O) groups is 2. The van der Waals surface area contributed by atoms with Crippen LogP contribution in [0.25, 0.3) is 0 Å². The van der Waals surface area contributed by atoms with Gasteiger partial charge in [-0.3, -0.25) is 9.59 Å². The first-order valence-corrected chi connectivity index (χ1v) is 6.98. The van der Waals surface area contributed by atoms with E-state index in [9.17, 15) is 14.0 Å². The SMILES string of the molecule is CC(=O)NC(CS)C(=O)NCCc1ccc(F)cc1C. The zero-order chi connectivity index (χ0) is 15.1. The van der Waals surface area contributed by atoms with Crippen LogP contribution >= 0.6 is 12.6 Å². The highest BCUT2D eigenvalue weighted by Crippen LogP contribution is 2.10. The van der Waals surface area contributed by atoms with E-state index < -0.39 is 6.04 Å². The Bertz CT molecular complexity index is 494. The maximum Gasteiger partial charge on any atom is 0.243 e. The summed E-state index contributed by atoms with van der Waals surface area (Å²) < 4.78 is 13.0. The molecule has 6 heteroatoms. The van der Waals surface area contributed by atoms with E-state index in [1.165, 1.54) is 19.1 Å². The first-order valence-electron chi connectivity index (χ1n) is 6.34. The molecule has 0 fully saturated rings. The molecule has 1 aromatic carbocycles. The maximum atomic E-state index is 13.0. The number of carbonyl (C=O) groups excluding carboxylic acids is 2. The number of halogens is 1. The first kappa shape index (κ1) is 16.5. The van der Waals surface area contributed by atoms with Crippen molar-refractivity contribution in [3.63, 3.8) is 0 Å². The number of nitrogens with one attached hydrogen (secondary N) is 2. The van der Waals surface area contributed by atoms with Crippen LogP contribution in [-0.2, 0) is 16.0 Å². The maximum absolute atomic E-state index is 13.0. The van der Waals surface area contributed by atoms with Gasteiger partial charge in [-0.2, -0.15) is 12.6 Å². The average Bonchev–Trinajstić information content (AvgIpc) is 2.38. The van der Waals surface area contributed by atoms with Crippen LogP contribution in [0.15, 0.2) is 18.2 Å². The van der Waals surface area contributed by atoms with Gasteiger partial charge in [-0.05, 0) is 36.6 Å². The Hall–Kier alpha value is -1.56. The van der Waals surface area contributed by atoms with E-state index in [1.54, 1.807) is 6.07 Å². The van der Waals surface area contributed by atoms with Crippen LogP contribution in [0.2, 0.25) is 0 Å². The smallest absolute Gasteiger partial charge is 0.243 e. The molecule has 0 aliphatic heterocycles. The lowest BCUT2D eigenvalue weighted by Crippen LogP contribution is -2.47. The molecule has 4 nitrogen and oxygen atoms in total. The molecule has 1 aromatic rings. The molecule has 2 amide bonds. The van der Waals surface area contributed by atoms with Gasteiger partial charge in [-0.15, -0.1) is 0 Å². The van der Waals surface area contributed by atoms with E-state index >= 15 is 0 Å². The fraction of sp³-hybridized carbons (Fsp3) is 0.429. The molecular weight excluding hydrogens is 279 g/mol. The van der Waals surface area contributed by atoms with Crippen LogP contribution in [0.1, 0.15) is 18.1 Å². The molecule has 110 valence electrons. The summed E-state index contributed by atoms with van der Waals surface area (Å²) in [7, 11) is 0. The van der Waals surface area contributed by atoms with E-state index in [4.69, 9.17) is 0 Å². The molecule has 0 bridgehead atoms. The average molecular weight is 298 g/mol. The molecule has 1 rings (SSSR count). The molecule has 0 radical (unpaired) electrons. The lowest BCUT2D eigenvalue weighted by Gasteiger charge is -2.15. The molecule has 0 spiro atoms. The Morgan fingerprint density at radius 1 is 1.40 bits per heavy atom. The highest BCUT2D eigenvalue weighted by Gasteiger charge is 2.16. The zero-order valence-corrected chi connectivity index (χ0v) is 12.5. The van der Waals surface area contributed by atoms with Crippen molar-refractivity contribution < 1.29 is 14.0 Å². The second-order valence-electron chi connectivity index (χ2n) is 4.55. The molecular formula is C14H19FN2O2S. The minimum absolute atomic E-state index is 0.237. The van der Waals surface area contributed by atoms with E-state index in [2.05, 4.69) is 23.3 Å². The van der Waals surface area contributed by atoms with Gasteiger partial charge in [-0.1, -0.05) is 6.07 Å². The van der Waals surface area contributed by atoms with E-state index in [-0.39, 0.29) is 23.4 Å². The molecule has 0 saturated carbocycles. The van der Waals surface area contributed by atoms with Crippen LogP contribution < -0.4 is 10.6 Å². The highest BCUT2D eigenvalue weighted by atomic mass is 32.1. The topological polar surface area (TPSA) is 58.2 Å². The Morgan fingerprint density at radius 3 is 2.65 bits per heavy atom. The largest absolute Gasteiger partial charge is 0.354 e. The quantitative estimate of drug-likeness (QED) is 0.692. The summed E-state index contributed by atoms with van der Waals surface area (Å²) in [5.74, 6) is -0.569. The normalized spacial score (nSPS) is 11.8. The lowest BCUT2D eigenvalue weighted by molar-refractivity contribution is -0.127. The van der Waals surface area contributed by atoms with E-state index in [1.807, 2.05) is 6.92 Å². The van der Waals surface area contributed by atoms with E-state index in [0.29, 0.717) is 13.0 Å². The van der Waals surface area contributed by atoms with Gasteiger partial charge in [0.1, 0.15) is 11.9 Å². The van der Waals surface area contributed by atoms with Crippen molar-refractivity contribution in [3.8, 4) is 0 Å². The molecule has 0 aliphatic rings. The molecule has 2 N–H and O–H groups in total. The number of aryl methyl sites for hydroxylation is 1. The molecule has 0 saturated heterocycles. The summed E-state index contributed by atoms with van der Waals surface area (Å²) in [5, 5.41) is 5.25. The third kappa shape index (κ3) is 5.21. The number of thiol groups is 1. The van der Waals surface area contributed by atoms with Crippen molar-refractivity contribution in [1.29, 1.82) is 0 Å². The third-order valence-corrected chi connectivity index (χ3v) is 3.24. The Kier molecular flexibility index (Phi) is 6.51. The molecule has 0 heterocycles. The van der Waals surface area contributed by atoms with Gasteiger partial charge in [0.2, 0.25) is 11.8 Å². The van der Waals surface area contributed by atoms with Crippen molar-refractivity contribution in [3.05, 3.63) is 35.1 Å². The first-order chi connectivity index (χ1) is 9.43. The monoisotopic (exact) mass is 298 g/mol. The van der Waals surface area contributed by atoms with Crippen LogP contribution in [0.5, 0.6) is 0 Å². The van der Waals surface area contributed by atoms with Gasteiger partial charge in [-0.25, -0.2) is 4.39 Å². The Labute approximate surface area is 123 Å². The number of hydrogen-bond acceptors (Lipinski definition) is 3. The van der Waals surface area contributed by atoms with Gasteiger partial charge >= 0.3 is 0 Å². The number of rotatable bonds is 6. The number of amides is 2. The fourth-order valence-electron chi connectivity index (χ4n) is 1.82. The second-order valence-corrected chi connectivity index (χ2v) is 4.91. The van der Waals surface area contributed by atoms with Crippen molar-refractivity contribution in [2.24, 2.45) is 0 Å². The summed E-state index contributed by atoms with van der Waals surface area (Å²) in [6.45, 7) is 3.61. The summed E-state index contributed by atoms with van der Waals surface area (Å²) >= 11 is 4.03. The predicted molar refractivity (Wildman–Crippen MR) is 79.3 cm³/mol. The summed E-state index contributed by atoms with van der Waals surface area (Å²) in [6.07, 6.45) is 0.608. The Balaban J connectivity index is 2.46. The van der Waals surface area contributed by atoms with Crippen molar-refractivity contribution in [1.82, 2.24) is 10.6 Å². The molecule has 20 heavy (non-hydrogen) atoms. The van der Waals surface area contributed by atoms with Gasteiger partial charge in [0.25, 0.3) is 0 Å². The van der Waals surface area contributed by atoms with Crippen LogP contribution in [0, 0.1) is 12.7 Å². The summed E-state index contributed by atoms with van der Waals surface area (Å²) in [6, 6.07) is 3.94. The van der Waals surface area contributed by atoms with Gasteiger partial charge in [0, 0.05) is 19.2 Å². The minimum Gasteiger partial charge on any atom is -0.354 e. The van der Waals surface area contributed by atoms with Crippen molar-refractivity contribution >= 4 is 24.4 Å². The summed E-state index contributed by atoms with van der Waals surface area (Å²) in [5.41, 5.74) is 1.83. The number of hydrogen-bond donors (Lipinski definition) is 3. The Morgan fingerprint density at radius 2 is 2.10 bits per heavy atom. The van der Waals surface area contributed by atoms with Crippen LogP contribution in [0.3, 0.4) is 0 Å². The minimum atomic E-state index is -0.634. The molecule has 1 atom stereocenters. The predicted octanol–water partition coefficient (Wildman–Crippen LogP) is 1.23. The zero-order valence-electron chi connectivity index (χ0n) is 11.6. The lowest BCUT2D eigenvalue weighted by atomic mass is 10.1. The fourth-order valence-corrected chi connectivity index (χ4v) is 2.08. The second kappa shape index (κ2) is 7.89. The molecule has 0 aliphatic carbocycles. The third-order valence-electron chi connectivity index (χ3n) is 2.87.